The topological polar surface area (TPSA) is 88.6 Å². The van der Waals surface area contributed by atoms with Gasteiger partial charge in [-0.05, 0) is 43.4 Å². The fourth-order valence-electron chi connectivity index (χ4n) is 4.07. The van der Waals surface area contributed by atoms with Crippen molar-refractivity contribution >= 4 is 32.9 Å². The molecule has 0 spiro atoms. The Bertz CT molecular complexity index is 1160. The van der Waals surface area contributed by atoms with Gasteiger partial charge in [-0.2, -0.15) is 5.11 Å². The van der Waals surface area contributed by atoms with E-state index < -0.39 is 10.0 Å². The van der Waals surface area contributed by atoms with E-state index in [1.165, 1.54) is 0 Å². The molecule has 2 aromatic carbocycles. The van der Waals surface area contributed by atoms with E-state index in [0.29, 0.717) is 17.2 Å². The molecule has 2 heterocycles. The van der Waals surface area contributed by atoms with E-state index in [1.54, 1.807) is 6.07 Å². The Morgan fingerprint density at radius 2 is 1.97 bits per heavy atom. The van der Waals surface area contributed by atoms with Crippen LogP contribution in [0.25, 0.3) is 4.72 Å². The lowest BCUT2D eigenvalue weighted by atomic mass is 9.89. The van der Waals surface area contributed by atoms with Crippen LogP contribution in [0.15, 0.2) is 51.6 Å². The lowest BCUT2D eigenvalue weighted by molar-refractivity contribution is 0.490. The van der Waals surface area contributed by atoms with Crippen LogP contribution in [0.2, 0.25) is 0 Å². The Labute approximate surface area is 185 Å². The molecule has 2 aromatic rings. The Hall–Kier alpha value is -2.74. The van der Waals surface area contributed by atoms with Crippen LogP contribution < -0.4 is 4.90 Å². The van der Waals surface area contributed by atoms with Crippen molar-refractivity contribution in [1.29, 1.82) is 0 Å². The highest BCUT2D eigenvalue weighted by Crippen LogP contribution is 2.42. The Balaban J connectivity index is 0.00000272. The number of aliphatic imine (C=N–C) groups is 1. The van der Waals surface area contributed by atoms with Gasteiger partial charge in [-0.3, -0.25) is 4.99 Å². The number of azo groups is 1. The summed E-state index contributed by atoms with van der Waals surface area (Å²) in [6.45, 7) is 5.12. The first-order valence-electron chi connectivity index (χ1n) is 10.1. The van der Waals surface area contributed by atoms with Crippen LogP contribution >= 0.6 is 0 Å². The summed E-state index contributed by atoms with van der Waals surface area (Å²) in [7, 11) is -1.58. The van der Waals surface area contributed by atoms with Gasteiger partial charge in [-0.1, -0.05) is 50.4 Å². The minimum atomic E-state index is -3.58. The van der Waals surface area contributed by atoms with Crippen molar-refractivity contribution in [1.82, 2.24) is 0 Å². The number of amidine groups is 1. The number of rotatable bonds is 4. The predicted molar refractivity (Wildman–Crippen MR) is 128 cm³/mol. The number of hydrogen-bond donors (Lipinski definition) is 0. The number of aryl methyl sites for hydroxylation is 1. The Morgan fingerprint density at radius 1 is 1.23 bits per heavy atom. The lowest BCUT2D eigenvalue weighted by Gasteiger charge is -2.31. The summed E-state index contributed by atoms with van der Waals surface area (Å²) in [5.74, 6) is 0.565. The molecule has 2 aliphatic heterocycles. The van der Waals surface area contributed by atoms with E-state index in [9.17, 15) is 8.42 Å². The maximum atomic E-state index is 11.9. The summed E-state index contributed by atoms with van der Waals surface area (Å²) in [5.41, 5.74) is 4.63. The number of sulfonamides is 1. The van der Waals surface area contributed by atoms with Gasteiger partial charge in [0.25, 0.3) is 0 Å². The minimum Gasteiger partial charge on any atom is -0.575 e. The second-order valence-electron chi connectivity index (χ2n) is 8.13. The van der Waals surface area contributed by atoms with Crippen molar-refractivity contribution in [3.8, 4) is 0 Å². The molecule has 0 aromatic heterocycles. The number of hydrogen-bond acceptors (Lipinski definition) is 6. The van der Waals surface area contributed by atoms with Crippen LogP contribution in [0.1, 0.15) is 50.8 Å². The van der Waals surface area contributed by atoms with Gasteiger partial charge < -0.3 is 9.62 Å². The second-order valence-corrected chi connectivity index (χ2v) is 9.78. The zero-order valence-corrected chi connectivity index (χ0v) is 18.6. The van der Waals surface area contributed by atoms with Crippen LogP contribution in [0.5, 0.6) is 0 Å². The molecule has 0 amide bonds. The molecular weight excluding hydrogens is 410 g/mol. The first kappa shape index (κ1) is 22.9. The van der Waals surface area contributed by atoms with Gasteiger partial charge in [0.1, 0.15) is 0 Å². The predicted octanol–water partition coefficient (Wildman–Crippen LogP) is 5.84. The third-order valence-corrected chi connectivity index (χ3v) is 6.36. The molecule has 4 rings (SSSR count). The van der Waals surface area contributed by atoms with Crippen molar-refractivity contribution < 1.29 is 8.42 Å². The summed E-state index contributed by atoms with van der Waals surface area (Å²) in [6.07, 6.45) is 3.89. The van der Waals surface area contributed by atoms with Gasteiger partial charge in [0.2, 0.25) is 0 Å². The molecule has 0 N–H and O–H groups in total. The second kappa shape index (κ2) is 8.42. The van der Waals surface area contributed by atoms with Crippen LogP contribution in [0.3, 0.4) is 0 Å². The van der Waals surface area contributed by atoms with Crippen molar-refractivity contribution in [3.05, 3.63) is 57.8 Å². The molecule has 1 atom stereocenters. The summed E-state index contributed by atoms with van der Waals surface area (Å²) >= 11 is 0. The van der Waals surface area contributed by atoms with Gasteiger partial charge in [0.05, 0.1) is 21.2 Å². The number of fused-ring (bicyclic) bond motifs is 2. The van der Waals surface area contributed by atoms with E-state index >= 15 is 0 Å². The molecule has 0 radical (unpaired) electrons. The molecule has 166 valence electrons. The normalized spacial score (nSPS) is 20.1. The molecule has 0 aliphatic carbocycles. The fourth-order valence-corrected chi connectivity index (χ4v) is 4.58. The summed E-state index contributed by atoms with van der Waals surface area (Å²) < 4.78 is 27.7. The third kappa shape index (κ3) is 4.49. The lowest BCUT2D eigenvalue weighted by Crippen LogP contribution is -2.24. The van der Waals surface area contributed by atoms with E-state index in [2.05, 4.69) is 39.8 Å². The molecule has 0 fully saturated rings. The highest BCUT2D eigenvalue weighted by Gasteiger charge is 2.34. The molecule has 2 aliphatic rings. The molecular formula is C23H30N5O2S-. The average Bonchev–Trinajstić information content (AvgIpc) is 2.99. The first-order chi connectivity index (χ1) is 14.2. The molecule has 31 heavy (non-hydrogen) atoms. The van der Waals surface area contributed by atoms with Gasteiger partial charge >= 0.3 is 0 Å². The van der Waals surface area contributed by atoms with Crippen LogP contribution in [0, 0.1) is 0 Å². The van der Waals surface area contributed by atoms with Crippen molar-refractivity contribution in [2.45, 2.75) is 46.1 Å². The van der Waals surface area contributed by atoms with E-state index in [1.807, 2.05) is 31.3 Å². The van der Waals surface area contributed by atoms with E-state index in [0.717, 1.165) is 54.4 Å². The smallest absolute Gasteiger partial charge is 0.178 e. The fraction of sp³-hybridized carbons (Fsp3) is 0.435. The zero-order valence-electron chi connectivity index (χ0n) is 17.8. The molecule has 1 unspecified atom stereocenters. The van der Waals surface area contributed by atoms with E-state index in [4.69, 9.17) is 4.99 Å². The third-order valence-electron chi connectivity index (χ3n) is 5.83. The average molecular weight is 441 g/mol. The van der Waals surface area contributed by atoms with Crippen LogP contribution in [-0.4, -0.2) is 34.1 Å². The number of nitrogens with zero attached hydrogens (tertiary/aromatic N) is 5. The zero-order chi connectivity index (χ0) is 21.5. The Morgan fingerprint density at radius 3 is 2.68 bits per heavy atom. The standard InChI is InChI=1S/C22H26N5O2S.CH4/c1-5-22(2)17-11-7-6-10-16(17)21(23-22)25-24-18-13-15-9-8-12-27(3)20(15)14-19(18)26-30(4,28)29;/h6-7,10-11,13-14H,5,8-9,12H2,1-4H3;1H4/q-1;. The monoisotopic (exact) mass is 440 g/mol. The highest BCUT2D eigenvalue weighted by atomic mass is 32.2. The van der Waals surface area contributed by atoms with Gasteiger partial charge in [0, 0.05) is 31.1 Å². The molecule has 0 bridgehead atoms. The quantitative estimate of drug-likeness (QED) is 0.560. The summed E-state index contributed by atoms with van der Waals surface area (Å²) in [5, 5.41) is 8.87. The molecule has 8 heteroatoms. The molecule has 0 saturated carbocycles. The van der Waals surface area contributed by atoms with Crippen molar-refractivity contribution in [2.75, 3.05) is 24.7 Å². The maximum Gasteiger partial charge on any atom is 0.178 e. The number of anilines is 1. The summed E-state index contributed by atoms with van der Waals surface area (Å²) in [6, 6.07) is 11.7. The van der Waals surface area contributed by atoms with Crippen molar-refractivity contribution in [3.63, 3.8) is 0 Å². The van der Waals surface area contributed by atoms with Crippen molar-refractivity contribution in [2.24, 2.45) is 15.2 Å². The van der Waals surface area contributed by atoms with E-state index in [-0.39, 0.29) is 13.0 Å². The van der Waals surface area contributed by atoms with Gasteiger partial charge in [-0.25, -0.2) is 8.42 Å². The highest BCUT2D eigenvalue weighted by molar-refractivity contribution is 7.93. The van der Waals surface area contributed by atoms with Crippen LogP contribution in [-0.2, 0) is 22.0 Å². The van der Waals surface area contributed by atoms with Gasteiger partial charge in [0.15, 0.2) is 5.84 Å². The maximum absolute atomic E-state index is 11.9. The SMILES string of the molecule is C.CCC1(C)N=C(N=Nc2cc3c(cc2[N-]S(C)(=O)=O)N(C)CCC3)c2ccccc21. The largest absolute Gasteiger partial charge is 0.575 e. The molecule has 7 nitrogen and oxygen atoms in total. The minimum absolute atomic E-state index is 0. The van der Waals surface area contributed by atoms with Gasteiger partial charge in [-0.15, -0.1) is 5.11 Å². The first-order valence-corrected chi connectivity index (χ1v) is 12.0. The summed E-state index contributed by atoms with van der Waals surface area (Å²) in [4.78, 5) is 6.94. The Kier molecular flexibility index (Phi) is 6.23. The molecule has 0 saturated heterocycles. The number of benzene rings is 2. The van der Waals surface area contributed by atoms with Crippen LogP contribution in [0.4, 0.5) is 17.1 Å².